The number of pyridine rings is 1. The first kappa shape index (κ1) is 12.9. The van der Waals surface area contributed by atoms with Crippen molar-refractivity contribution in [3.63, 3.8) is 0 Å². The Morgan fingerprint density at radius 2 is 1.83 bits per heavy atom. The quantitative estimate of drug-likeness (QED) is 0.559. The molecule has 3 rings (SSSR count). The molecule has 0 amide bonds. The fourth-order valence-electron chi connectivity index (χ4n) is 2.67. The third kappa shape index (κ3) is 2.23. The van der Waals surface area contributed by atoms with E-state index in [1.54, 1.807) is 0 Å². The second kappa shape index (κ2) is 5.14. The molecular formula is C14H12Cl2IN. The smallest absolute Gasteiger partial charge is 0.0917 e. The number of rotatable bonds is 1. The van der Waals surface area contributed by atoms with Crippen molar-refractivity contribution >= 4 is 56.7 Å². The Morgan fingerprint density at radius 1 is 1.11 bits per heavy atom. The maximum Gasteiger partial charge on any atom is 0.0917 e. The molecule has 0 radical (unpaired) electrons. The first-order valence-corrected chi connectivity index (χ1v) is 7.94. The average Bonchev–Trinajstić information content (AvgIpc) is 2.87. The largest absolute Gasteiger partial charge is 0.251 e. The molecule has 1 aromatic heterocycles. The molecule has 4 heteroatoms. The molecule has 1 aromatic carbocycles. The van der Waals surface area contributed by atoms with Gasteiger partial charge in [0.1, 0.15) is 0 Å². The zero-order valence-corrected chi connectivity index (χ0v) is 13.4. The van der Waals surface area contributed by atoms with Crippen LogP contribution in [0.5, 0.6) is 0 Å². The van der Waals surface area contributed by atoms with Crippen LogP contribution in [0.25, 0.3) is 10.9 Å². The van der Waals surface area contributed by atoms with Crippen molar-refractivity contribution < 1.29 is 0 Å². The molecule has 0 aliphatic heterocycles. The van der Waals surface area contributed by atoms with Crippen LogP contribution < -0.4 is 0 Å². The highest BCUT2D eigenvalue weighted by molar-refractivity contribution is 14.1. The summed E-state index contributed by atoms with van der Waals surface area (Å²) in [5.41, 5.74) is 1.95. The van der Waals surface area contributed by atoms with Gasteiger partial charge in [0.2, 0.25) is 0 Å². The predicted octanol–water partition coefficient (Wildman–Crippen LogP) is 5.80. The van der Waals surface area contributed by atoms with E-state index in [-0.39, 0.29) is 0 Å². The van der Waals surface area contributed by atoms with E-state index < -0.39 is 0 Å². The molecule has 0 bridgehead atoms. The van der Waals surface area contributed by atoms with Crippen LogP contribution in [-0.2, 0) is 0 Å². The third-order valence-corrected chi connectivity index (χ3v) is 5.11. The van der Waals surface area contributed by atoms with Gasteiger partial charge in [0.25, 0.3) is 0 Å². The highest BCUT2D eigenvalue weighted by Gasteiger charge is 2.20. The first-order chi connectivity index (χ1) is 8.66. The number of hydrogen-bond acceptors (Lipinski definition) is 1. The van der Waals surface area contributed by atoms with Gasteiger partial charge in [0, 0.05) is 20.6 Å². The number of hydrogen-bond donors (Lipinski definition) is 0. The standard InChI is InChI=1S/C14H12Cl2IN/c15-9-5-6-11(17)13-10(16)7-12(18-14(9)13)8-3-1-2-4-8/h5-8H,1-4H2. The summed E-state index contributed by atoms with van der Waals surface area (Å²) in [5, 5.41) is 2.44. The first-order valence-electron chi connectivity index (χ1n) is 6.11. The van der Waals surface area contributed by atoms with E-state index in [9.17, 15) is 0 Å². The van der Waals surface area contributed by atoms with Gasteiger partial charge in [0.05, 0.1) is 15.6 Å². The van der Waals surface area contributed by atoms with E-state index >= 15 is 0 Å². The molecule has 94 valence electrons. The molecule has 1 aliphatic carbocycles. The average molecular weight is 392 g/mol. The Kier molecular flexibility index (Phi) is 3.70. The Labute approximate surface area is 130 Å². The van der Waals surface area contributed by atoms with Crippen LogP contribution in [0.4, 0.5) is 0 Å². The van der Waals surface area contributed by atoms with Crippen LogP contribution in [-0.4, -0.2) is 4.98 Å². The van der Waals surface area contributed by atoms with Crippen molar-refractivity contribution in [3.8, 4) is 0 Å². The molecule has 0 unspecified atom stereocenters. The second-order valence-electron chi connectivity index (χ2n) is 4.76. The Bertz CT molecular complexity index is 606. The van der Waals surface area contributed by atoms with Crippen LogP contribution in [0, 0.1) is 3.57 Å². The number of nitrogens with zero attached hydrogens (tertiary/aromatic N) is 1. The molecule has 1 aliphatic rings. The van der Waals surface area contributed by atoms with E-state index in [1.807, 2.05) is 18.2 Å². The maximum atomic E-state index is 6.41. The number of benzene rings is 1. The minimum atomic E-state index is 0.556. The summed E-state index contributed by atoms with van der Waals surface area (Å²) in [5.74, 6) is 0.556. The SMILES string of the molecule is Clc1ccc(I)c2c(Cl)cc(C3CCCC3)nc12. The lowest BCUT2D eigenvalue weighted by molar-refractivity contribution is 0.701. The molecule has 1 heterocycles. The van der Waals surface area contributed by atoms with E-state index in [2.05, 4.69) is 22.6 Å². The van der Waals surface area contributed by atoms with Crippen LogP contribution in [0.3, 0.4) is 0 Å². The zero-order chi connectivity index (χ0) is 12.7. The monoisotopic (exact) mass is 391 g/mol. The van der Waals surface area contributed by atoms with E-state index in [4.69, 9.17) is 28.2 Å². The van der Waals surface area contributed by atoms with Crippen molar-refractivity contribution in [2.45, 2.75) is 31.6 Å². The van der Waals surface area contributed by atoms with Crippen LogP contribution in [0.1, 0.15) is 37.3 Å². The highest BCUT2D eigenvalue weighted by atomic mass is 127. The van der Waals surface area contributed by atoms with E-state index in [0.29, 0.717) is 10.9 Å². The van der Waals surface area contributed by atoms with Gasteiger partial charge in [0.15, 0.2) is 0 Å². The molecule has 0 saturated heterocycles. The molecule has 1 nitrogen and oxygen atoms in total. The molecule has 0 atom stereocenters. The van der Waals surface area contributed by atoms with Gasteiger partial charge in [-0.15, -0.1) is 0 Å². The van der Waals surface area contributed by atoms with E-state index in [1.165, 1.54) is 25.7 Å². The summed E-state index contributed by atoms with van der Waals surface area (Å²) in [6.45, 7) is 0. The summed E-state index contributed by atoms with van der Waals surface area (Å²) in [6, 6.07) is 5.90. The summed E-state index contributed by atoms with van der Waals surface area (Å²) < 4.78 is 1.10. The minimum Gasteiger partial charge on any atom is -0.251 e. The Hall–Kier alpha value is -0.0600. The summed E-state index contributed by atoms with van der Waals surface area (Å²) >= 11 is 14.9. The minimum absolute atomic E-state index is 0.556. The van der Waals surface area contributed by atoms with Crippen molar-refractivity contribution in [1.82, 2.24) is 4.98 Å². The topological polar surface area (TPSA) is 12.9 Å². The summed E-state index contributed by atoms with van der Waals surface area (Å²) in [7, 11) is 0. The van der Waals surface area contributed by atoms with Gasteiger partial charge in [-0.25, -0.2) is 0 Å². The van der Waals surface area contributed by atoms with Crippen molar-refractivity contribution in [3.05, 3.63) is 37.5 Å². The van der Waals surface area contributed by atoms with Crippen LogP contribution >= 0.6 is 45.8 Å². The molecule has 0 spiro atoms. The van der Waals surface area contributed by atoms with Crippen LogP contribution in [0.2, 0.25) is 10.0 Å². The predicted molar refractivity (Wildman–Crippen MR) is 85.7 cm³/mol. The Morgan fingerprint density at radius 3 is 2.56 bits per heavy atom. The molecule has 0 N–H and O–H groups in total. The van der Waals surface area contributed by atoms with Gasteiger partial charge in [-0.3, -0.25) is 4.98 Å². The fourth-order valence-corrected chi connectivity index (χ4v) is 4.06. The van der Waals surface area contributed by atoms with Crippen molar-refractivity contribution in [1.29, 1.82) is 0 Å². The van der Waals surface area contributed by atoms with Gasteiger partial charge in [-0.1, -0.05) is 36.0 Å². The van der Waals surface area contributed by atoms with Crippen molar-refractivity contribution in [2.75, 3.05) is 0 Å². The number of fused-ring (bicyclic) bond motifs is 1. The fraction of sp³-hybridized carbons (Fsp3) is 0.357. The summed E-state index contributed by atoms with van der Waals surface area (Å²) in [4.78, 5) is 4.76. The van der Waals surface area contributed by atoms with Gasteiger partial charge < -0.3 is 0 Å². The lowest BCUT2D eigenvalue weighted by Gasteiger charge is -2.12. The van der Waals surface area contributed by atoms with Crippen LogP contribution in [0.15, 0.2) is 18.2 Å². The lowest BCUT2D eigenvalue weighted by atomic mass is 10.0. The maximum absolute atomic E-state index is 6.41. The lowest BCUT2D eigenvalue weighted by Crippen LogP contribution is -1.98. The van der Waals surface area contributed by atoms with Crippen molar-refractivity contribution in [2.24, 2.45) is 0 Å². The molecule has 2 aromatic rings. The molecule has 1 fully saturated rings. The number of halogens is 3. The molecular weight excluding hydrogens is 380 g/mol. The van der Waals surface area contributed by atoms with Gasteiger partial charge in [-0.05, 0) is 53.6 Å². The zero-order valence-electron chi connectivity index (χ0n) is 9.72. The Balaban J connectivity index is 2.23. The third-order valence-electron chi connectivity index (χ3n) is 3.61. The van der Waals surface area contributed by atoms with E-state index in [0.717, 1.165) is 25.2 Å². The number of aromatic nitrogens is 1. The normalized spacial score (nSPS) is 16.6. The molecule has 18 heavy (non-hydrogen) atoms. The second-order valence-corrected chi connectivity index (χ2v) is 6.74. The van der Waals surface area contributed by atoms with Gasteiger partial charge >= 0.3 is 0 Å². The molecule has 1 saturated carbocycles. The van der Waals surface area contributed by atoms with Gasteiger partial charge in [-0.2, -0.15) is 0 Å². The highest BCUT2D eigenvalue weighted by Crippen LogP contribution is 2.38. The summed E-state index contributed by atoms with van der Waals surface area (Å²) in [6.07, 6.45) is 5.02.